The summed E-state index contributed by atoms with van der Waals surface area (Å²) in [5, 5.41) is 8.82. The van der Waals surface area contributed by atoms with Crippen molar-refractivity contribution in [1.82, 2.24) is 9.55 Å². The van der Waals surface area contributed by atoms with Crippen molar-refractivity contribution in [2.45, 2.75) is 0 Å². The van der Waals surface area contributed by atoms with Crippen LogP contribution < -0.4 is 0 Å². The minimum Gasteiger partial charge on any atom is -0.290 e. The molecule has 0 radical (unpaired) electrons. The minimum atomic E-state index is 0.531. The zero-order valence-electron chi connectivity index (χ0n) is 7.18. The van der Waals surface area contributed by atoms with E-state index in [1.54, 1.807) is 17.1 Å². The molecule has 68 valence electrons. The molecule has 3 nitrogen and oxygen atoms in total. The molecule has 4 heteroatoms. The summed E-state index contributed by atoms with van der Waals surface area (Å²) in [6.45, 7) is 0. The van der Waals surface area contributed by atoms with Crippen LogP contribution in [0, 0.1) is 11.3 Å². The predicted octanol–water partition coefficient (Wildman–Crippen LogP) is 2.51. The Morgan fingerprint density at radius 1 is 1.43 bits per heavy atom. The summed E-state index contributed by atoms with van der Waals surface area (Å²) in [6.07, 6.45) is 3.17. The van der Waals surface area contributed by atoms with Gasteiger partial charge in [-0.3, -0.25) is 4.57 Å². The van der Waals surface area contributed by atoms with Gasteiger partial charge in [0.15, 0.2) is 0 Å². The van der Waals surface area contributed by atoms with Gasteiger partial charge in [-0.1, -0.05) is 22.0 Å². The molecule has 0 N–H and O–H groups in total. The molecule has 14 heavy (non-hydrogen) atoms. The highest BCUT2D eigenvalue weighted by Gasteiger charge is 2.02. The van der Waals surface area contributed by atoms with Crippen molar-refractivity contribution in [2.24, 2.45) is 0 Å². The lowest BCUT2D eigenvalue weighted by atomic mass is 10.3. The van der Waals surface area contributed by atoms with Gasteiger partial charge in [0.2, 0.25) is 0 Å². The summed E-state index contributed by atoms with van der Waals surface area (Å²) in [5.41, 5.74) is 1.46. The number of benzene rings is 1. The number of halogens is 1. The van der Waals surface area contributed by atoms with Crippen LogP contribution in [0.3, 0.4) is 0 Å². The molecular formula is C10H6BrN3. The molecule has 0 bridgehead atoms. The average molecular weight is 248 g/mol. The average Bonchev–Trinajstić information content (AvgIpc) is 2.65. The fraction of sp³-hybridized carbons (Fsp3) is 0. The van der Waals surface area contributed by atoms with E-state index in [2.05, 4.69) is 27.0 Å². The molecule has 0 aliphatic rings. The summed E-state index contributed by atoms with van der Waals surface area (Å²) in [4.78, 5) is 3.92. The van der Waals surface area contributed by atoms with Gasteiger partial charge in [-0.25, -0.2) is 4.98 Å². The van der Waals surface area contributed by atoms with Crippen LogP contribution in [0.2, 0.25) is 0 Å². The van der Waals surface area contributed by atoms with Crippen LogP contribution in [-0.2, 0) is 0 Å². The zero-order chi connectivity index (χ0) is 9.97. The number of nitrogens with zero attached hydrogens (tertiary/aromatic N) is 3. The first-order valence-corrected chi connectivity index (χ1v) is 4.79. The van der Waals surface area contributed by atoms with E-state index in [-0.39, 0.29) is 0 Å². The Morgan fingerprint density at radius 2 is 2.29 bits per heavy atom. The molecule has 1 aromatic heterocycles. The fourth-order valence-electron chi connectivity index (χ4n) is 1.21. The Hall–Kier alpha value is -1.60. The normalized spacial score (nSPS) is 9.71. The van der Waals surface area contributed by atoms with Crippen LogP contribution in [0.25, 0.3) is 5.69 Å². The van der Waals surface area contributed by atoms with Gasteiger partial charge in [0.05, 0.1) is 6.20 Å². The van der Waals surface area contributed by atoms with Gasteiger partial charge in [0.1, 0.15) is 18.1 Å². The monoisotopic (exact) mass is 247 g/mol. The largest absolute Gasteiger partial charge is 0.290 e. The molecule has 2 rings (SSSR count). The molecule has 0 spiro atoms. The number of aromatic nitrogens is 2. The van der Waals surface area contributed by atoms with Crippen molar-refractivity contribution in [2.75, 3.05) is 0 Å². The SMILES string of the molecule is N#Cc1cncn1-c1cccc(Br)c1. The lowest BCUT2D eigenvalue weighted by Gasteiger charge is -2.03. The maximum atomic E-state index is 8.82. The molecule has 0 aliphatic heterocycles. The summed E-state index contributed by atoms with van der Waals surface area (Å²) in [7, 11) is 0. The van der Waals surface area contributed by atoms with E-state index in [0.717, 1.165) is 10.2 Å². The third-order valence-electron chi connectivity index (χ3n) is 1.84. The fourth-order valence-corrected chi connectivity index (χ4v) is 1.60. The topological polar surface area (TPSA) is 41.6 Å². The molecule has 0 atom stereocenters. The van der Waals surface area contributed by atoms with E-state index in [0.29, 0.717) is 5.69 Å². The molecule has 0 amide bonds. The van der Waals surface area contributed by atoms with Crippen molar-refractivity contribution >= 4 is 15.9 Å². The molecule has 2 aromatic rings. The quantitative estimate of drug-likeness (QED) is 0.777. The van der Waals surface area contributed by atoms with E-state index in [4.69, 9.17) is 5.26 Å². The second kappa shape index (κ2) is 3.64. The van der Waals surface area contributed by atoms with E-state index < -0.39 is 0 Å². The second-order valence-corrected chi connectivity index (χ2v) is 3.66. The smallest absolute Gasteiger partial charge is 0.144 e. The van der Waals surface area contributed by atoms with Crippen LogP contribution in [0.5, 0.6) is 0 Å². The van der Waals surface area contributed by atoms with Crippen LogP contribution in [0.4, 0.5) is 0 Å². The predicted molar refractivity (Wildman–Crippen MR) is 56.0 cm³/mol. The van der Waals surface area contributed by atoms with Crippen molar-refractivity contribution < 1.29 is 0 Å². The molecule has 1 aromatic carbocycles. The highest BCUT2D eigenvalue weighted by Crippen LogP contribution is 2.16. The first kappa shape index (κ1) is 8.97. The Balaban J connectivity index is 2.56. The third kappa shape index (κ3) is 1.54. The van der Waals surface area contributed by atoms with Crippen LogP contribution in [-0.4, -0.2) is 9.55 Å². The van der Waals surface area contributed by atoms with Crippen molar-refractivity contribution in [3.8, 4) is 11.8 Å². The van der Waals surface area contributed by atoms with E-state index >= 15 is 0 Å². The maximum absolute atomic E-state index is 8.82. The molecular weight excluding hydrogens is 242 g/mol. The van der Waals surface area contributed by atoms with Crippen molar-refractivity contribution in [3.05, 3.63) is 47.0 Å². The van der Waals surface area contributed by atoms with Gasteiger partial charge in [-0.15, -0.1) is 0 Å². The van der Waals surface area contributed by atoms with E-state index in [1.165, 1.54) is 0 Å². The first-order chi connectivity index (χ1) is 6.81. The maximum Gasteiger partial charge on any atom is 0.144 e. The number of hydrogen-bond donors (Lipinski definition) is 0. The Morgan fingerprint density at radius 3 is 3.00 bits per heavy atom. The van der Waals surface area contributed by atoms with Gasteiger partial charge in [-0.05, 0) is 18.2 Å². The second-order valence-electron chi connectivity index (χ2n) is 2.74. The molecule has 0 saturated heterocycles. The summed E-state index contributed by atoms with van der Waals surface area (Å²) in [6, 6.07) is 9.79. The zero-order valence-corrected chi connectivity index (χ0v) is 8.77. The first-order valence-electron chi connectivity index (χ1n) is 3.99. The third-order valence-corrected chi connectivity index (χ3v) is 2.33. The summed E-state index contributed by atoms with van der Waals surface area (Å²) < 4.78 is 2.72. The molecule has 0 saturated carbocycles. The van der Waals surface area contributed by atoms with Gasteiger partial charge in [0, 0.05) is 10.2 Å². The van der Waals surface area contributed by atoms with Gasteiger partial charge in [-0.2, -0.15) is 5.26 Å². The Labute approximate surface area is 89.8 Å². The molecule has 0 aliphatic carbocycles. The van der Waals surface area contributed by atoms with Crippen LogP contribution in [0.15, 0.2) is 41.3 Å². The highest BCUT2D eigenvalue weighted by molar-refractivity contribution is 9.10. The van der Waals surface area contributed by atoms with Gasteiger partial charge >= 0.3 is 0 Å². The van der Waals surface area contributed by atoms with Crippen molar-refractivity contribution in [3.63, 3.8) is 0 Å². The van der Waals surface area contributed by atoms with E-state index in [1.807, 2.05) is 24.3 Å². The van der Waals surface area contributed by atoms with E-state index in [9.17, 15) is 0 Å². The number of imidazole rings is 1. The summed E-state index contributed by atoms with van der Waals surface area (Å²) >= 11 is 3.38. The highest BCUT2D eigenvalue weighted by atomic mass is 79.9. The number of nitriles is 1. The molecule has 0 unspecified atom stereocenters. The van der Waals surface area contributed by atoms with Gasteiger partial charge < -0.3 is 0 Å². The van der Waals surface area contributed by atoms with Gasteiger partial charge in [0.25, 0.3) is 0 Å². The van der Waals surface area contributed by atoms with Crippen LogP contribution >= 0.6 is 15.9 Å². The number of hydrogen-bond acceptors (Lipinski definition) is 2. The Kier molecular flexibility index (Phi) is 2.33. The molecule has 1 heterocycles. The Bertz CT molecular complexity index is 496. The van der Waals surface area contributed by atoms with Crippen molar-refractivity contribution in [1.29, 1.82) is 5.26 Å². The van der Waals surface area contributed by atoms with Crippen LogP contribution in [0.1, 0.15) is 5.69 Å². The standard InChI is InChI=1S/C10H6BrN3/c11-8-2-1-3-9(4-8)14-7-13-6-10(14)5-12/h1-4,6-7H. The lowest BCUT2D eigenvalue weighted by Crippen LogP contribution is -1.94. The lowest BCUT2D eigenvalue weighted by molar-refractivity contribution is 1.03. The summed E-state index contributed by atoms with van der Waals surface area (Å²) in [5.74, 6) is 0. The molecule has 0 fully saturated rings. The number of rotatable bonds is 1. The minimum absolute atomic E-state index is 0.531.